The third kappa shape index (κ3) is 6.33. The normalized spacial score (nSPS) is 17.0. The molecule has 1 unspecified atom stereocenters. The number of nitrogens with zero attached hydrogens (tertiary/aromatic N) is 2. The second kappa shape index (κ2) is 10.2. The van der Waals surface area contributed by atoms with E-state index in [4.69, 9.17) is 4.74 Å². The minimum absolute atomic E-state index is 0.0728. The predicted octanol–water partition coefficient (Wildman–Crippen LogP) is 2.60. The molecule has 6 nitrogen and oxygen atoms in total. The first-order valence-corrected chi connectivity index (χ1v) is 9.45. The van der Waals surface area contributed by atoms with Crippen molar-refractivity contribution in [3.05, 3.63) is 24.3 Å². The summed E-state index contributed by atoms with van der Waals surface area (Å²) < 4.78 is 5.62. The van der Waals surface area contributed by atoms with Gasteiger partial charge in [-0.2, -0.15) is 0 Å². The number of hydrogen-bond donors (Lipinski definition) is 1. The summed E-state index contributed by atoms with van der Waals surface area (Å²) in [4.78, 5) is 28.5. The molecule has 1 aliphatic heterocycles. The lowest BCUT2D eigenvalue weighted by atomic mass is 10.1. The molecule has 0 saturated carbocycles. The molecule has 0 radical (unpaired) electrons. The van der Waals surface area contributed by atoms with E-state index in [-0.39, 0.29) is 17.7 Å². The summed E-state index contributed by atoms with van der Waals surface area (Å²) in [5.41, 5.74) is 0.733. The van der Waals surface area contributed by atoms with Gasteiger partial charge in [0.25, 0.3) is 0 Å². The molecule has 2 amide bonds. The second-order valence-electron chi connectivity index (χ2n) is 7.11. The highest BCUT2D eigenvalue weighted by atomic mass is 16.5. The van der Waals surface area contributed by atoms with Gasteiger partial charge in [-0.05, 0) is 57.7 Å². The molecule has 6 heteroatoms. The summed E-state index contributed by atoms with van der Waals surface area (Å²) in [5, 5.41) is 2.91. The van der Waals surface area contributed by atoms with Gasteiger partial charge in [0.15, 0.2) is 0 Å². The molecule has 1 atom stereocenters. The third-order valence-corrected chi connectivity index (χ3v) is 4.51. The number of ether oxygens (including phenoxy) is 1. The Bertz CT molecular complexity index is 586. The quantitative estimate of drug-likeness (QED) is 0.651. The number of anilines is 1. The molecule has 0 aromatic heterocycles. The summed E-state index contributed by atoms with van der Waals surface area (Å²) in [6, 6.07) is 7.40. The highest BCUT2D eigenvalue weighted by molar-refractivity contribution is 5.97. The zero-order chi connectivity index (χ0) is 18.9. The van der Waals surface area contributed by atoms with Crippen LogP contribution in [0.3, 0.4) is 0 Å². The van der Waals surface area contributed by atoms with E-state index in [1.807, 2.05) is 38.4 Å². The van der Waals surface area contributed by atoms with E-state index < -0.39 is 0 Å². The standard InChI is InChI=1S/C20H31N3O3/c1-4-5-13-26-18-9-7-17(8-10-18)21-20(25)16-14-19(24)23(15-16)12-6-11-22(2)3/h7-10,16H,4-6,11-15H2,1-3H3,(H,21,25). The summed E-state index contributed by atoms with van der Waals surface area (Å²) >= 11 is 0. The maximum Gasteiger partial charge on any atom is 0.229 e. The fraction of sp³-hybridized carbons (Fsp3) is 0.600. The van der Waals surface area contributed by atoms with Crippen molar-refractivity contribution < 1.29 is 14.3 Å². The number of amides is 2. The Hall–Kier alpha value is -2.08. The summed E-state index contributed by atoms with van der Waals surface area (Å²) in [6.07, 6.45) is 3.35. The molecule has 26 heavy (non-hydrogen) atoms. The molecule has 1 aliphatic rings. The first kappa shape index (κ1) is 20.2. The van der Waals surface area contributed by atoms with E-state index in [1.54, 1.807) is 4.90 Å². The minimum atomic E-state index is -0.276. The molecule has 1 heterocycles. The molecule has 1 aromatic rings. The molecule has 2 rings (SSSR count). The van der Waals surface area contributed by atoms with Crippen molar-refractivity contribution in [2.45, 2.75) is 32.6 Å². The lowest BCUT2D eigenvalue weighted by molar-refractivity contribution is -0.128. The van der Waals surface area contributed by atoms with E-state index in [1.165, 1.54) is 0 Å². The van der Waals surface area contributed by atoms with Gasteiger partial charge in [0.2, 0.25) is 11.8 Å². The zero-order valence-electron chi connectivity index (χ0n) is 16.2. The largest absolute Gasteiger partial charge is 0.494 e. The van der Waals surface area contributed by atoms with E-state index in [0.29, 0.717) is 26.1 Å². The van der Waals surface area contributed by atoms with Crippen LogP contribution in [0.4, 0.5) is 5.69 Å². The van der Waals surface area contributed by atoms with Crippen LogP contribution in [0.15, 0.2) is 24.3 Å². The van der Waals surface area contributed by atoms with Crippen molar-refractivity contribution in [2.75, 3.05) is 45.7 Å². The van der Waals surface area contributed by atoms with E-state index in [2.05, 4.69) is 17.1 Å². The number of carbonyl (C=O) groups excluding carboxylic acids is 2. The monoisotopic (exact) mass is 361 g/mol. The Morgan fingerprint density at radius 3 is 2.65 bits per heavy atom. The average Bonchev–Trinajstić information content (AvgIpc) is 2.97. The number of nitrogens with one attached hydrogen (secondary N) is 1. The van der Waals surface area contributed by atoms with Crippen molar-refractivity contribution in [2.24, 2.45) is 5.92 Å². The van der Waals surface area contributed by atoms with E-state index in [0.717, 1.165) is 37.2 Å². The fourth-order valence-electron chi connectivity index (χ4n) is 2.95. The van der Waals surface area contributed by atoms with Gasteiger partial charge in [0, 0.05) is 25.2 Å². The van der Waals surface area contributed by atoms with Gasteiger partial charge in [-0.25, -0.2) is 0 Å². The van der Waals surface area contributed by atoms with Crippen LogP contribution >= 0.6 is 0 Å². The van der Waals surface area contributed by atoms with Crippen LogP contribution in [-0.2, 0) is 9.59 Å². The van der Waals surface area contributed by atoms with Crippen LogP contribution in [0.1, 0.15) is 32.6 Å². The van der Waals surface area contributed by atoms with Crippen molar-refractivity contribution in [1.82, 2.24) is 9.80 Å². The maximum atomic E-state index is 12.5. The van der Waals surface area contributed by atoms with Gasteiger partial charge >= 0.3 is 0 Å². The lowest BCUT2D eigenvalue weighted by Gasteiger charge is -2.18. The number of benzene rings is 1. The smallest absolute Gasteiger partial charge is 0.229 e. The first-order valence-electron chi connectivity index (χ1n) is 9.45. The van der Waals surface area contributed by atoms with Crippen molar-refractivity contribution in [3.63, 3.8) is 0 Å². The van der Waals surface area contributed by atoms with Crippen LogP contribution < -0.4 is 10.1 Å². The second-order valence-corrected chi connectivity index (χ2v) is 7.11. The summed E-state index contributed by atoms with van der Waals surface area (Å²) in [6.45, 7) is 4.99. The van der Waals surface area contributed by atoms with Crippen LogP contribution in [-0.4, -0.2) is 62.0 Å². The molecule has 0 bridgehead atoms. The lowest BCUT2D eigenvalue weighted by Crippen LogP contribution is -2.30. The maximum absolute atomic E-state index is 12.5. The van der Waals surface area contributed by atoms with Crippen molar-refractivity contribution >= 4 is 17.5 Å². The summed E-state index contributed by atoms with van der Waals surface area (Å²) in [5.74, 6) is 0.513. The summed E-state index contributed by atoms with van der Waals surface area (Å²) in [7, 11) is 4.03. The van der Waals surface area contributed by atoms with Crippen LogP contribution in [0.5, 0.6) is 5.75 Å². The Morgan fingerprint density at radius 1 is 1.27 bits per heavy atom. The van der Waals surface area contributed by atoms with Gasteiger partial charge in [-0.15, -0.1) is 0 Å². The van der Waals surface area contributed by atoms with Gasteiger partial charge < -0.3 is 19.9 Å². The predicted molar refractivity (Wildman–Crippen MR) is 103 cm³/mol. The van der Waals surface area contributed by atoms with Gasteiger partial charge in [0.1, 0.15) is 5.75 Å². The molecule has 1 fully saturated rings. The highest BCUT2D eigenvalue weighted by Crippen LogP contribution is 2.21. The van der Waals surface area contributed by atoms with Crippen molar-refractivity contribution in [1.29, 1.82) is 0 Å². The molecule has 0 aliphatic carbocycles. The van der Waals surface area contributed by atoms with Crippen LogP contribution in [0.2, 0.25) is 0 Å². The average molecular weight is 361 g/mol. The fourth-order valence-corrected chi connectivity index (χ4v) is 2.95. The number of rotatable bonds is 10. The minimum Gasteiger partial charge on any atom is -0.494 e. The molecular formula is C20H31N3O3. The SMILES string of the molecule is CCCCOc1ccc(NC(=O)C2CC(=O)N(CCCN(C)C)C2)cc1. The molecule has 1 N–H and O–H groups in total. The Morgan fingerprint density at radius 2 is 2.00 bits per heavy atom. The van der Waals surface area contributed by atoms with Gasteiger partial charge in [0.05, 0.1) is 12.5 Å². The zero-order valence-corrected chi connectivity index (χ0v) is 16.2. The Labute approximate surface area is 156 Å². The van der Waals surface area contributed by atoms with E-state index in [9.17, 15) is 9.59 Å². The van der Waals surface area contributed by atoms with E-state index >= 15 is 0 Å². The Kier molecular flexibility index (Phi) is 7.91. The van der Waals surface area contributed by atoms with Crippen LogP contribution in [0, 0.1) is 5.92 Å². The Balaban J connectivity index is 1.79. The molecule has 0 spiro atoms. The molecule has 1 aromatic carbocycles. The van der Waals surface area contributed by atoms with Crippen LogP contribution in [0.25, 0.3) is 0 Å². The van der Waals surface area contributed by atoms with Gasteiger partial charge in [-0.1, -0.05) is 13.3 Å². The molecule has 144 valence electrons. The molecule has 1 saturated heterocycles. The first-order chi connectivity index (χ1) is 12.5. The van der Waals surface area contributed by atoms with Crippen molar-refractivity contribution in [3.8, 4) is 5.75 Å². The number of hydrogen-bond acceptors (Lipinski definition) is 4. The highest BCUT2D eigenvalue weighted by Gasteiger charge is 2.33. The third-order valence-electron chi connectivity index (χ3n) is 4.51. The molecular weight excluding hydrogens is 330 g/mol. The topological polar surface area (TPSA) is 61.9 Å². The number of unbranched alkanes of at least 4 members (excludes halogenated alkanes) is 1. The van der Waals surface area contributed by atoms with Gasteiger partial charge in [-0.3, -0.25) is 9.59 Å². The number of carbonyl (C=O) groups is 2. The number of likely N-dealkylation sites (tertiary alicyclic amines) is 1.